The van der Waals surface area contributed by atoms with Crippen molar-refractivity contribution in [3.05, 3.63) is 23.6 Å². The topological polar surface area (TPSA) is 88.6 Å². The first-order valence-corrected chi connectivity index (χ1v) is 4.44. The molecule has 0 aromatic carbocycles. The van der Waals surface area contributed by atoms with Crippen LogP contribution in [0.3, 0.4) is 0 Å². The Hall–Kier alpha value is -1.24. The second kappa shape index (κ2) is 5.59. The Kier molecular flexibility index (Phi) is 4.41. The maximum atomic E-state index is 12.8. The van der Waals surface area contributed by atoms with E-state index in [1.165, 1.54) is 6.07 Å². The molecule has 0 spiro atoms. The molecule has 0 saturated heterocycles. The molecule has 0 aliphatic carbocycles. The summed E-state index contributed by atoms with van der Waals surface area (Å²) in [5, 5.41) is 17.6. The fourth-order valence-electron chi connectivity index (χ4n) is 1.01. The number of hydrogen-bond donors (Lipinski definition) is 3. The average Bonchev–Trinajstić information content (AvgIpc) is 2.27. The van der Waals surface area contributed by atoms with Crippen LogP contribution in [-0.4, -0.2) is 34.5 Å². The van der Waals surface area contributed by atoms with Crippen LogP contribution in [0.25, 0.3) is 0 Å². The molecule has 4 N–H and O–H groups in total. The van der Waals surface area contributed by atoms with Gasteiger partial charge >= 0.3 is 0 Å². The van der Waals surface area contributed by atoms with Crippen LogP contribution in [0.4, 0.5) is 4.39 Å². The highest BCUT2D eigenvalue weighted by Crippen LogP contribution is 2.16. The molecule has 6 heteroatoms. The number of nitrogens with zero attached hydrogens (tertiary/aromatic N) is 1. The van der Waals surface area contributed by atoms with E-state index in [1.807, 2.05) is 0 Å². The van der Waals surface area contributed by atoms with Crippen molar-refractivity contribution < 1.29 is 19.3 Å². The van der Waals surface area contributed by atoms with E-state index < -0.39 is 11.9 Å². The molecular formula is C9H13FN2O3. The van der Waals surface area contributed by atoms with Crippen LogP contribution in [-0.2, 0) is 6.54 Å². The van der Waals surface area contributed by atoms with E-state index in [1.54, 1.807) is 0 Å². The van der Waals surface area contributed by atoms with Crippen molar-refractivity contribution in [3.63, 3.8) is 0 Å². The van der Waals surface area contributed by atoms with Crippen LogP contribution in [0, 0.1) is 5.82 Å². The maximum Gasteiger partial charge on any atom is 0.218 e. The lowest BCUT2D eigenvalue weighted by molar-refractivity contribution is 0.0588. The molecule has 0 amide bonds. The second-order valence-electron chi connectivity index (χ2n) is 2.93. The minimum Gasteiger partial charge on any atom is -0.469 e. The minimum absolute atomic E-state index is 0.0731. The summed E-state index contributed by atoms with van der Waals surface area (Å²) in [6.45, 7) is -0.622. The van der Waals surface area contributed by atoms with Gasteiger partial charge in [-0.15, -0.1) is 0 Å². The number of ether oxygens (including phenoxy) is 1. The van der Waals surface area contributed by atoms with Crippen molar-refractivity contribution in [1.82, 2.24) is 4.98 Å². The van der Waals surface area contributed by atoms with Crippen LogP contribution >= 0.6 is 0 Å². The lowest BCUT2D eigenvalue weighted by Gasteiger charge is -2.15. The Morgan fingerprint density at radius 1 is 1.47 bits per heavy atom. The third kappa shape index (κ3) is 3.12. The number of rotatable bonds is 5. The normalized spacial score (nSPS) is 10.7. The van der Waals surface area contributed by atoms with Gasteiger partial charge in [0.1, 0.15) is 11.9 Å². The molecule has 1 heterocycles. The molecule has 0 aliphatic rings. The van der Waals surface area contributed by atoms with Gasteiger partial charge in [0.15, 0.2) is 0 Å². The monoisotopic (exact) mass is 216 g/mol. The van der Waals surface area contributed by atoms with Gasteiger partial charge in [0.25, 0.3) is 0 Å². The summed E-state index contributed by atoms with van der Waals surface area (Å²) in [6, 6.07) is 1.20. The van der Waals surface area contributed by atoms with E-state index in [2.05, 4.69) is 4.98 Å². The lowest BCUT2D eigenvalue weighted by atomic mass is 10.2. The van der Waals surface area contributed by atoms with Gasteiger partial charge in [-0.3, -0.25) is 0 Å². The fourth-order valence-corrected chi connectivity index (χ4v) is 1.01. The Morgan fingerprint density at radius 2 is 2.13 bits per heavy atom. The van der Waals surface area contributed by atoms with Gasteiger partial charge < -0.3 is 20.7 Å². The van der Waals surface area contributed by atoms with Crippen LogP contribution in [0.15, 0.2) is 12.3 Å². The van der Waals surface area contributed by atoms with Crippen LogP contribution in [0.5, 0.6) is 5.88 Å². The summed E-state index contributed by atoms with van der Waals surface area (Å²) in [4.78, 5) is 3.69. The molecule has 0 aliphatic heterocycles. The molecule has 5 nitrogen and oxygen atoms in total. The van der Waals surface area contributed by atoms with Gasteiger partial charge in [-0.2, -0.15) is 0 Å². The predicted molar refractivity (Wildman–Crippen MR) is 50.7 cm³/mol. The SMILES string of the molecule is NCc1cc(F)cnc1OC(CO)CO. The summed E-state index contributed by atoms with van der Waals surface area (Å²) in [5.41, 5.74) is 5.76. The van der Waals surface area contributed by atoms with Crippen LogP contribution < -0.4 is 10.5 Å². The molecule has 1 aromatic heterocycles. The average molecular weight is 216 g/mol. The van der Waals surface area contributed by atoms with Crippen LogP contribution in [0.2, 0.25) is 0 Å². The van der Waals surface area contributed by atoms with E-state index in [0.29, 0.717) is 5.56 Å². The van der Waals surface area contributed by atoms with Gasteiger partial charge in [-0.1, -0.05) is 0 Å². The van der Waals surface area contributed by atoms with Crippen molar-refractivity contribution in [2.24, 2.45) is 5.73 Å². The van der Waals surface area contributed by atoms with Crippen LogP contribution in [0.1, 0.15) is 5.56 Å². The molecular weight excluding hydrogens is 203 g/mol. The van der Waals surface area contributed by atoms with E-state index in [4.69, 9.17) is 20.7 Å². The highest BCUT2D eigenvalue weighted by molar-refractivity contribution is 5.26. The number of hydrogen-bond acceptors (Lipinski definition) is 5. The van der Waals surface area contributed by atoms with Crippen molar-refractivity contribution >= 4 is 0 Å². The molecule has 0 fully saturated rings. The van der Waals surface area contributed by atoms with Crippen molar-refractivity contribution in [1.29, 1.82) is 0 Å². The van der Waals surface area contributed by atoms with E-state index in [-0.39, 0.29) is 25.6 Å². The van der Waals surface area contributed by atoms with Gasteiger partial charge in [0, 0.05) is 12.1 Å². The van der Waals surface area contributed by atoms with Gasteiger partial charge in [0.05, 0.1) is 19.4 Å². The fraction of sp³-hybridized carbons (Fsp3) is 0.444. The summed E-state index contributed by atoms with van der Waals surface area (Å²) in [6.07, 6.45) is 0.216. The van der Waals surface area contributed by atoms with Gasteiger partial charge in [-0.05, 0) is 6.07 Å². The van der Waals surface area contributed by atoms with Gasteiger partial charge in [0.2, 0.25) is 5.88 Å². The third-order valence-corrected chi connectivity index (χ3v) is 1.80. The van der Waals surface area contributed by atoms with Crippen molar-refractivity contribution in [3.8, 4) is 5.88 Å². The number of aromatic nitrogens is 1. The molecule has 1 aromatic rings. The first-order valence-electron chi connectivity index (χ1n) is 4.44. The number of halogens is 1. The summed E-state index contributed by atoms with van der Waals surface area (Å²) in [7, 11) is 0. The highest BCUT2D eigenvalue weighted by Gasteiger charge is 2.12. The number of nitrogens with two attached hydrogens (primary N) is 1. The molecule has 0 atom stereocenters. The largest absolute Gasteiger partial charge is 0.469 e. The third-order valence-electron chi connectivity index (χ3n) is 1.80. The Balaban J connectivity index is 2.83. The number of aliphatic hydroxyl groups is 2. The molecule has 1 rings (SSSR count). The standard InChI is InChI=1S/C9H13FN2O3/c10-7-1-6(2-11)9(12-3-7)15-8(4-13)5-14/h1,3,8,13-14H,2,4-5,11H2. The zero-order chi connectivity index (χ0) is 11.3. The first kappa shape index (κ1) is 11.8. The Labute approximate surface area is 86.3 Å². The van der Waals surface area contributed by atoms with E-state index >= 15 is 0 Å². The minimum atomic E-state index is -0.770. The smallest absolute Gasteiger partial charge is 0.218 e. The Bertz CT molecular complexity index is 318. The molecule has 0 bridgehead atoms. The molecule has 0 saturated carbocycles. The van der Waals surface area contributed by atoms with Crippen molar-refractivity contribution in [2.75, 3.05) is 13.2 Å². The maximum absolute atomic E-state index is 12.8. The Morgan fingerprint density at radius 3 is 2.67 bits per heavy atom. The second-order valence-corrected chi connectivity index (χ2v) is 2.93. The highest BCUT2D eigenvalue weighted by atomic mass is 19.1. The lowest BCUT2D eigenvalue weighted by Crippen LogP contribution is -2.26. The van der Waals surface area contributed by atoms with Gasteiger partial charge in [-0.25, -0.2) is 9.37 Å². The summed E-state index contributed by atoms with van der Waals surface area (Å²) >= 11 is 0. The molecule has 84 valence electrons. The quantitative estimate of drug-likeness (QED) is 0.612. The molecule has 0 unspecified atom stereocenters. The number of pyridine rings is 1. The summed E-state index contributed by atoms with van der Waals surface area (Å²) < 4.78 is 17.9. The van der Waals surface area contributed by atoms with Crippen molar-refractivity contribution in [2.45, 2.75) is 12.6 Å². The zero-order valence-corrected chi connectivity index (χ0v) is 8.06. The van der Waals surface area contributed by atoms with E-state index in [0.717, 1.165) is 6.20 Å². The number of aliphatic hydroxyl groups excluding tert-OH is 2. The zero-order valence-electron chi connectivity index (χ0n) is 8.06. The molecule has 15 heavy (non-hydrogen) atoms. The predicted octanol–water partition coefficient (Wildman–Crippen LogP) is -0.589. The molecule has 0 radical (unpaired) electrons. The first-order chi connectivity index (χ1) is 7.21. The van der Waals surface area contributed by atoms with E-state index in [9.17, 15) is 4.39 Å². The summed E-state index contributed by atoms with van der Waals surface area (Å²) in [5.74, 6) is -0.376.